The van der Waals surface area contributed by atoms with Crippen LogP contribution in [0.1, 0.15) is 5.56 Å². The first-order valence-electron chi connectivity index (χ1n) is 7.32. The van der Waals surface area contributed by atoms with Crippen molar-refractivity contribution in [2.45, 2.75) is 6.54 Å². The fraction of sp³-hybridized carbons (Fsp3) is 0.167. The Hall–Kier alpha value is -2.79. The molecule has 0 spiro atoms. The van der Waals surface area contributed by atoms with Crippen molar-refractivity contribution in [2.24, 2.45) is 5.73 Å². The van der Waals surface area contributed by atoms with E-state index in [4.69, 9.17) is 15.2 Å². The lowest BCUT2D eigenvalue weighted by molar-refractivity contribution is 0.356. The Bertz CT molecular complexity index is 797. The lowest BCUT2D eigenvalue weighted by Crippen LogP contribution is -2.00. The number of aromatic amines is 1. The van der Waals surface area contributed by atoms with Crippen molar-refractivity contribution in [1.29, 1.82) is 0 Å². The van der Waals surface area contributed by atoms with Gasteiger partial charge in [-0.1, -0.05) is 30.3 Å². The summed E-state index contributed by atoms with van der Waals surface area (Å²) in [6.45, 7) is 0.422. The maximum absolute atomic E-state index is 5.82. The minimum absolute atomic E-state index is 0.422. The summed E-state index contributed by atoms with van der Waals surface area (Å²) in [4.78, 5) is 0. The SMILES string of the molecule is COc1cc(CN)cc(-c2cn[nH]c2-c2ccccc2)c1OC. The molecule has 1 heterocycles. The first-order chi connectivity index (χ1) is 11.3. The monoisotopic (exact) mass is 309 g/mol. The number of methoxy groups -OCH3 is 2. The Kier molecular flexibility index (Phi) is 4.30. The number of hydrogen-bond donors (Lipinski definition) is 2. The highest BCUT2D eigenvalue weighted by Gasteiger charge is 2.18. The zero-order chi connectivity index (χ0) is 16.2. The largest absolute Gasteiger partial charge is 0.493 e. The van der Waals surface area contributed by atoms with Crippen LogP contribution in [0.4, 0.5) is 0 Å². The van der Waals surface area contributed by atoms with Crippen molar-refractivity contribution in [1.82, 2.24) is 10.2 Å². The Labute approximate surface area is 135 Å². The maximum Gasteiger partial charge on any atom is 0.168 e. The molecule has 2 aromatic carbocycles. The van der Waals surface area contributed by atoms with Gasteiger partial charge in [-0.3, -0.25) is 5.10 Å². The summed E-state index contributed by atoms with van der Waals surface area (Å²) in [6, 6.07) is 13.9. The molecular formula is C18H19N3O2. The fourth-order valence-electron chi connectivity index (χ4n) is 2.65. The van der Waals surface area contributed by atoms with Gasteiger partial charge in [0, 0.05) is 23.2 Å². The Morgan fingerprint density at radius 3 is 2.48 bits per heavy atom. The van der Waals surface area contributed by atoms with Gasteiger partial charge in [0.15, 0.2) is 11.5 Å². The van der Waals surface area contributed by atoms with E-state index in [0.29, 0.717) is 18.0 Å². The number of ether oxygens (including phenoxy) is 2. The number of hydrogen-bond acceptors (Lipinski definition) is 4. The number of H-pyrrole nitrogens is 1. The second kappa shape index (κ2) is 6.54. The van der Waals surface area contributed by atoms with E-state index in [9.17, 15) is 0 Å². The smallest absolute Gasteiger partial charge is 0.168 e. The zero-order valence-corrected chi connectivity index (χ0v) is 13.2. The van der Waals surface area contributed by atoms with Crippen molar-refractivity contribution in [3.8, 4) is 33.9 Å². The number of nitrogens with one attached hydrogen (secondary N) is 1. The number of rotatable bonds is 5. The van der Waals surface area contributed by atoms with Gasteiger partial charge < -0.3 is 15.2 Å². The van der Waals surface area contributed by atoms with Crippen LogP contribution >= 0.6 is 0 Å². The summed E-state index contributed by atoms with van der Waals surface area (Å²) >= 11 is 0. The Morgan fingerprint density at radius 1 is 1.04 bits per heavy atom. The molecule has 0 fully saturated rings. The molecule has 3 rings (SSSR count). The number of benzene rings is 2. The van der Waals surface area contributed by atoms with E-state index in [2.05, 4.69) is 10.2 Å². The van der Waals surface area contributed by atoms with E-state index in [1.807, 2.05) is 42.5 Å². The Balaban J connectivity index is 2.22. The average Bonchev–Trinajstić information content (AvgIpc) is 3.10. The molecule has 23 heavy (non-hydrogen) atoms. The van der Waals surface area contributed by atoms with Crippen LogP contribution in [-0.4, -0.2) is 24.4 Å². The van der Waals surface area contributed by atoms with E-state index in [0.717, 1.165) is 27.9 Å². The molecule has 0 aliphatic rings. The molecule has 3 aromatic rings. The van der Waals surface area contributed by atoms with Crippen LogP contribution in [0.2, 0.25) is 0 Å². The summed E-state index contributed by atoms with van der Waals surface area (Å²) in [5, 5.41) is 7.28. The molecule has 0 bridgehead atoms. The van der Waals surface area contributed by atoms with E-state index in [1.165, 1.54) is 0 Å². The molecular weight excluding hydrogens is 290 g/mol. The highest BCUT2D eigenvalue weighted by Crippen LogP contribution is 2.42. The van der Waals surface area contributed by atoms with Gasteiger partial charge in [0.25, 0.3) is 0 Å². The van der Waals surface area contributed by atoms with Gasteiger partial charge in [-0.05, 0) is 17.7 Å². The van der Waals surface area contributed by atoms with Crippen LogP contribution in [0.15, 0.2) is 48.7 Å². The summed E-state index contributed by atoms with van der Waals surface area (Å²) < 4.78 is 11.0. The predicted molar refractivity (Wildman–Crippen MR) is 90.5 cm³/mol. The third kappa shape index (κ3) is 2.78. The van der Waals surface area contributed by atoms with Crippen LogP contribution in [-0.2, 0) is 6.54 Å². The molecule has 0 radical (unpaired) electrons. The van der Waals surface area contributed by atoms with Crippen LogP contribution in [0.5, 0.6) is 11.5 Å². The molecule has 0 aliphatic carbocycles. The molecule has 0 aliphatic heterocycles. The van der Waals surface area contributed by atoms with Gasteiger partial charge in [0.05, 0.1) is 26.1 Å². The zero-order valence-electron chi connectivity index (χ0n) is 13.2. The number of nitrogens with two attached hydrogens (primary N) is 1. The van der Waals surface area contributed by atoms with Gasteiger partial charge in [0.2, 0.25) is 0 Å². The summed E-state index contributed by atoms with van der Waals surface area (Å²) in [7, 11) is 3.25. The van der Waals surface area contributed by atoms with Crippen molar-refractivity contribution in [3.63, 3.8) is 0 Å². The molecule has 0 saturated carbocycles. The molecule has 118 valence electrons. The van der Waals surface area contributed by atoms with Crippen LogP contribution in [0.3, 0.4) is 0 Å². The minimum Gasteiger partial charge on any atom is -0.493 e. The lowest BCUT2D eigenvalue weighted by Gasteiger charge is -2.15. The fourth-order valence-corrected chi connectivity index (χ4v) is 2.65. The highest BCUT2D eigenvalue weighted by atomic mass is 16.5. The summed E-state index contributed by atoms with van der Waals surface area (Å²) in [5.74, 6) is 1.33. The Morgan fingerprint density at radius 2 is 1.83 bits per heavy atom. The second-order valence-corrected chi connectivity index (χ2v) is 5.11. The van der Waals surface area contributed by atoms with Gasteiger partial charge in [-0.25, -0.2) is 0 Å². The van der Waals surface area contributed by atoms with Gasteiger partial charge >= 0.3 is 0 Å². The van der Waals surface area contributed by atoms with E-state index < -0.39 is 0 Å². The molecule has 5 nitrogen and oxygen atoms in total. The molecule has 0 atom stereocenters. The first kappa shape index (κ1) is 15.1. The molecule has 3 N–H and O–H groups in total. The van der Waals surface area contributed by atoms with E-state index >= 15 is 0 Å². The third-order valence-corrected chi connectivity index (χ3v) is 3.77. The summed E-state index contributed by atoms with van der Waals surface area (Å²) in [6.07, 6.45) is 1.79. The average molecular weight is 309 g/mol. The second-order valence-electron chi connectivity index (χ2n) is 5.11. The van der Waals surface area contributed by atoms with Crippen molar-refractivity contribution in [3.05, 3.63) is 54.2 Å². The maximum atomic E-state index is 5.82. The van der Waals surface area contributed by atoms with E-state index in [1.54, 1.807) is 20.4 Å². The topological polar surface area (TPSA) is 73.2 Å². The summed E-state index contributed by atoms with van der Waals surface area (Å²) in [5.41, 5.74) is 10.6. The predicted octanol–water partition coefficient (Wildman–Crippen LogP) is 3.22. The van der Waals surface area contributed by atoms with Crippen LogP contribution in [0.25, 0.3) is 22.4 Å². The molecule has 5 heteroatoms. The minimum atomic E-state index is 0.422. The van der Waals surface area contributed by atoms with Gasteiger partial charge in [-0.2, -0.15) is 5.10 Å². The molecule has 1 aromatic heterocycles. The standard InChI is InChI=1S/C18H19N3O2/c1-22-16-9-12(10-19)8-14(18(16)23-2)15-11-20-21-17(15)13-6-4-3-5-7-13/h3-9,11H,10,19H2,1-2H3,(H,20,21). The first-order valence-corrected chi connectivity index (χ1v) is 7.32. The number of nitrogens with zero attached hydrogens (tertiary/aromatic N) is 1. The van der Waals surface area contributed by atoms with Crippen molar-refractivity contribution >= 4 is 0 Å². The van der Waals surface area contributed by atoms with Gasteiger partial charge in [-0.15, -0.1) is 0 Å². The number of aromatic nitrogens is 2. The van der Waals surface area contributed by atoms with Crippen molar-refractivity contribution < 1.29 is 9.47 Å². The molecule has 0 amide bonds. The van der Waals surface area contributed by atoms with Crippen molar-refractivity contribution in [2.75, 3.05) is 14.2 Å². The molecule has 0 unspecified atom stereocenters. The lowest BCUT2D eigenvalue weighted by atomic mass is 9.98. The van der Waals surface area contributed by atoms with E-state index in [-0.39, 0.29) is 0 Å². The normalized spacial score (nSPS) is 10.6. The van der Waals surface area contributed by atoms with Crippen LogP contribution < -0.4 is 15.2 Å². The third-order valence-electron chi connectivity index (χ3n) is 3.77. The quantitative estimate of drug-likeness (QED) is 0.759. The molecule has 0 saturated heterocycles. The van der Waals surface area contributed by atoms with Gasteiger partial charge in [0.1, 0.15) is 0 Å². The van der Waals surface area contributed by atoms with Crippen LogP contribution in [0, 0.1) is 0 Å². The highest BCUT2D eigenvalue weighted by molar-refractivity contribution is 5.85.